The molecule has 0 saturated heterocycles. The van der Waals surface area contributed by atoms with Crippen molar-refractivity contribution in [1.29, 1.82) is 0 Å². The van der Waals surface area contributed by atoms with E-state index in [1.54, 1.807) is 7.11 Å². The van der Waals surface area contributed by atoms with Crippen molar-refractivity contribution in [2.45, 2.75) is 13.3 Å². The van der Waals surface area contributed by atoms with Crippen molar-refractivity contribution < 1.29 is 9.15 Å². The molecular weight excluding hydrogens is 226 g/mol. The molecule has 1 heterocycles. The number of hydrogen-bond acceptors (Lipinski definition) is 3. The molecular formula is C12H12ClNO2. The highest BCUT2D eigenvalue weighted by molar-refractivity contribution is 6.27. The zero-order valence-corrected chi connectivity index (χ0v) is 9.91. The lowest BCUT2D eigenvalue weighted by molar-refractivity contribution is 0.416. The van der Waals surface area contributed by atoms with Crippen LogP contribution in [0, 0.1) is 0 Å². The molecule has 0 N–H and O–H groups in total. The van der Waals surface area contributed by atoms with E-state index in [1.807, 2.05) is 31.2 Å². The minimum atomic E-state index is 0.165. The summed E-state index contributed by atoms with van der Waals surface area (Å²) in [6, 6.07) is 7.67. The summed E-state index contributed by atoms with van der Waals surface area (Å²) in [5.74, 6) is 1.54. The molecule has 2 rings (SSSR count). The molecule has 2 aromatic rings. The van der Waals surface area contributed by atoms with Crippen LogP contribution in [-0.2, 0) is 6.42 Å². The molecule has 0 amide bonds. The summed E-state index contributed by atoms with van der Waals surface area (Å²) in [7, 11) is 1.63. The Labute approximate surface area is 99.0 Å². The topological polar surface area (TPSA) is 35.3 Å². The number of halogens is 1. The Kier molecular flexibility index (Phi) is 3.15. The highest BCUT2D eigenvalue weighted by Crippen LogP contribution is 2.33. The largest absolute Gasteiger partial charge is 0.496 e. The monoisotopic (exact) mass is 237 g/mol. The maximum Gasteiger partial charge on any atom is 0.292 e. The van der Waals surface area contributed by atoms with Crippen LogP contribution in [0.2, 0.25) is 5.35 Å². The summed E-state index contributed by atoms with van der Waals surface area (Å²) < 4.78 is 10.6. The van der Waals surface area contributed by atoms with Crippen LogP contribution < -0.4 is 4.74 Å². The van der Waals surface area contributed by atoms with Gasteiger partial charge >= 0.3 is 0 Å². The summed E-state index contributed by atoms with van der Waals surface area (Å²) >= 11 is 5.77. The average molecular weight is 238 g/mol. The van der Waals surface area contributed by atoms with Gasteiger partial charge in [-0.3, -0.25) is 0 Å². The molecule has 1 aromatic carbocycles. The van der Waals surface area contributed by atoms with Crippen LogP contribution in [-0.4, -0.2) is 12.1 Å². The molecule has 0 aliphatic rings. The van der Waals surface area contributed by atoms with Crippen molar-refractivity contribution in [2.75, 3.05) is 7.11 Å². The Bertz CT molecular complexity index is 494. The van der Waals surface area contributed by atoms with Crippen LogP contribution >= 0.6 is 11.6 Å². The molecule has 84 valence electrons. The number of oxazole rings is 1. The molecule has 0 unspecified atom stereocenters. The molecule has 1 aromatic heterocycles. The van der Waals surface area contributed by atoms with Gasteiger partial charge in [-0.05, 0) is 23.7 Å². The Morgan fingerprint density at radius 1 is 1.38 bits per heavy atom. The highest BCUT2D eigenvalue weighted by atomic mass is 35.5. The molecule has 0 aliphatic carbocycles. The minimum absolute atomic E-state index is 0.165. The van der Waals surface area contributed by atoms with Crippen LogP contribution in [0.4, 0.5) is 0 Å². The molecule has 0 radical (unpaired) electrons. The van der Waals surface area contributed by atoms with Crippen LogP contribution in [0.15, 0.2) is 28.7 Å². The van der Waals surface area contributed by atoms with E-state index in [9.17, 15) is 0 Å². The van der Waals surface area contributed by atoms with Gasteiger partial charge in [0.2, 0.25) is 0 Å². The van der Waals surface area contributed by atoms with Crippen molar-refractivity contribution in [1.82, 2.24) is 4.98 Å². The third-order valence-corrected chi connectivity index (χ3v) is 2.52. The van der Waals surface area contributed by atoms with Crippen LogP contribution in [0.3, 0.4) is 0 Å². The van der Waals surface area contributed by atoms with E-state index in [-0.39, 0.29) is 5.35 Å². The number of para-hydroxylation sites is 1. The van der Waals surface area contributed by atoms with E-state index < -0.39 is 0 Å². The predicted octanol–water partition coefficient (Wildman–Crippen LogP) is 3.57. The van der Waals surface area contributed by atoms with Gasteiger partial charge in [0, 0.05) is 12.0 Å². The molecule has 16 heavy (non-hydrogen) atoms. The molecule has 0 fully saturated rings. The standard InChI is InChI=1S/C12H12ClNO2/c1-3-9-11(14-12(13)16-9)8-6-4-5-7-10(8)15-2/h4-7H,3H2,1-2H3. The van der Waals surface area contributed by atoms with Crippen LogP contribution in [0.5, 0.6) is 5.75 Å². The molecule has 0 saturated carbocycles. The molecule has 0 aliphatic heterocycles. The quantitative estimate of drug-likeness (QED) is 0.819. The van der Waals surface area contributed by atoms with E-state index in [2.05, 4.69) is 4.98 Å². The first-order valence-electron chi connectivity index (χ1n) is 5.04. The summed E-state index contributed by atoms with van der Waals surface area (Å²) in [5.41, 5.74) is 1.66. The number of aryl methyl sites for hydroxylation is 1. The number of ether oxygens (including phenoxy) is 1. The van der Waals surface area contributed by atoms with Gasteiger partial charge in [-0.15, -0.1) is 0 Å². The van der Waals surface area contributed by atoms with E-state index in [0.29, 0.717) is 0 Å². The lowest BCUT2D eigenvalue weighted by atomic mass is 10.1. The summed E-state index contributed by atoms with van der Waals surface area (Å²) in [4.78, 5) is 4.18. The lowest BCUT2D eigenvalue weighted by Gasteiger charge is -2.05. The van der Waals surface area contributed by atoms with Crippen LogP contribution in [0.25, 0.3) is 11.3 Å². The highest BCUT2D eigenvalue weighted by Gasteiger charge is 2.15. The Morgan fingerprint density at radius 3 is 2.81 bits per heavy atom. The number of methoxy groups -OCH3 is 1. The Hall–Kier alpha value is -1.48. The third-order valence-electron chi connectivity index (χ3n) is 2.35. The lowest BCUT2D eigenvalue weighted by Crippen LogP contribution is -1.90. The number of rotatable bonds is 3. The fourth-order valence-electron chi connectivity index (χ4n) is 1.61. The number of hydrogen-bond donors (Lipinski definition) is 0. The third kappa shape index (κ3) is 1.91. The second kappa shape index (κ2) is 4.58. The van der Waals surface area contributed by atoms with Gasteiger partial charge in [0.25, 0.3) is 5.35 Å². The van der Waals surface area contributed by atoms with Crippen molar-refractivity contribution in [3.63, 3.8) is 0 Å². The van der Waals surface area contributed by atoms with Gasteiger partial charge in [0.1, 0.15) is 17.2 Å². The maximum atomic E-state index is 5.77. The Balaban J connectivity index is 2.57. The van der Waals surface area contributed by atoms with Crippen LogP contribution in [0.1, 0.15) is 12.7 Å². The minimum Gasteiger partial charge on any atom is -0.496 e. The maximum absolute atomic E-state index is 5.77. The zero-order valence-electron chi connectivity index (χ0n) is 9.16. The van der Waals surface area contributed by atoms with Crippen molar-refractivity contribution >= 4 is 11.6 Å². The van der Waals surface area contributed by atoms with Gasteiger partial charge in [0.05, 0.1) is 7.11 Å². The summed E-state index contributed by atoms with van der Waals surface area (Å²) in [6.45, 7) is 2.00. The summed E-state index contributed by atoms with van der Waals surface area (Å²) in [5, 5.41) is 0.165. The predicted molar refractivity (Wildman–Crippen MR) is 62.9 cm³/mol. The SMILES string of the molecule is CCc1oc(Cl)nc1-c1ccccc1OC. The molecule has 0 spiro atoms. The van der Waals surface area contributed by atoms with Gasteiger partial charge in [-0.25, -0.2) is 0 Å². The van der Waals surface area contributed by atoms with Crippen molar-refractivity contribution in [2.24, 2.45) is 0 Å². The second-order valence-electron chi connectivity index (χ2n) is 3.29. The molecule has 3 nitrogen and oxygen atoms in total. The fraction of sp³-hybridized carbons (Fsp3) is 0.250. The van der Waals surface area contributed by atoms with E-state index in [0.717, 1.165) is 29.2 Å². The smallest absolute Gasteiger partial charge is 0.292 e. The van der Waals surface area contributed by atoms with E-state index in [1.165, 1.54) is 0 Å². The second-order valence-corrected chi connectivity index (χ2v) is 3.62. The number of aromatic nitrogens is 1. The first kappa shape index (κ1) is 11.0. The summed E-state index contributed by atoms with van der Waals surface area (Å²) in [6.07, 6.45) is 0.743. The number of nitrogens with zero attached hydrogens (tertiary/aromatic N) is 1. The normalized spacial score (nSPS) is 10.4. The first-order valence-corrected chi connectivity index (χ1v) is 5.42. The Morgan fingerprint density at radius 2 is 2.12 bits per heavy atom. The molecule has 0 atom stereocenters. The first-order chi connectivity index (χ1) is 7.76. The van der Waals surface area contributed by atoms with Gasteiger partial charge in [0.15, 0.2) is 0 Å². The van der Waals surface area contributed by atoms with Crippen molar-refractivity contribution in [3.05, 3.63) is 35.4 Å². The van der Waals surface area contributed by atoms with Gasteiger partial charge in [-0.2, -0.15) is 4.98 Å². The number of benzene rings is 1. The molecule has 0 bridgehead atoms. The van der Waals surface area contributed by atoms with Crippen molar-refractivity contribution in [3.8, 4) is 17.0 Å². The zero-order chi connectivity index (χ0) is 11.5. The van der Waals surface area contributed by atoms with E-state index in [4.69, 9.17) is 20.8 Å². The fourth-order valence-corrected chi connectivity index (χ4v) is 1.79. The van der Waals surface area contributed by atoms with Gasteiger partial charge in [-0.1, -0.05) is 19.1 Å². The molecule has 4 heteroatoms. The van der Waals surface area contributed by atoms with E-state index >= 15 is 0 Å². The van der Waals surface area contributed by atoms with Gasteiger partial charge < -0.3 is 9.15 Å². The average Bonchev–Trinajstić information content (AvgIpc) is 2.70.